The highest BCUT2D eigenvalue weighted by Crippen LogP contribution is 2.32. The normalized spacial score (nSPS) is 16.5. The lowest BCUT2D eigenvalue weighted by Gasteiger charge is -2.42. The first kappa shape index (κ1) is 22.6. The fraction of sp³-hybridized carbons (Fsp3) is 0.480. The number of tetrazole rings is 1. The molecule has 0 radical (unpaired) electrons. The Morgan fingerprint density at radius 3 is 2.03 bits per heavy atom. The van der Waals surface area contributed by atoms with Gasteiger partial charge in [-0.05, 0) is 28.0 Å². The number of hydrogen-bond donors (Lipinski definition) is 0. The van der Waals surface area contributed by atoms with E-state index in [1.165, 1.54) is 11.1 Å². The topological polar surface area (TPSA) is 59.3 Å². The zero-order valence-corrected chi connectivity index (χ0v) is 19.2. The fourth-order valence-electron chi connectivity index (χ4n) is 4.73. The number of rotatable bonds is 10. The summed E-state index contributed by atoms with van der Waals surface area (Å²) in [6, 6.07) is 22.2. The van der Waals surface area contributed by atoms with E-state index in [1.807, 2.05) is 4.68 Å². The molecule has 170 valence electrons. The van der Waals surface area contributed by atoms with Crippen LogP contribution in [0.1, 0.15) is 48.8 Å². The number of nitrogens with zero attached hydrogens (tertiary/aromatic N) is 6. The molecule has 0 saturated carbocycles. The molecule has 0 amide bonds. The molecule has 3 aromatic rings. The molecule has 0 unspecified atom stereocenters. The lowest BCUT2D eigenvalue weighted by Crippen LogP contribution is -2.49. The quantitative estimate of drug-likeness (QED) is 0.486. The second kappa shape index (κ2) is 11.3. The summed E-state index contributed by atoms with van der Waals surface area (Å²) in [5.41, 5.74) is 2.70. The number of ether oxygens (including phenoxy) is 1. The Kier molecular flexibility index (Phi) is 7.98. The van der Waals surface area contributed by atoms with Crippen molar-refractivity contribution in [2.75, 3.05) is 39.9 Å². The Morgan fingerprint density at radius 2 is 1.47 bits per heavy atom. The summed E-state index contributed by atoms with van der Waals surface area (Å²) in [5.74, 6) is 0.958. The van der Waals surface area contributed by atoms with E-state index in [2.05, 4.69) is 92.9 Å². The molecule has 32 heavy (non-hydrogen) atoms. The van der Waals surface area contributed by atoms with Crippen LogP contribution in [-0.4, -0.2) is 69.9 Å². The minimum absolute atomic E-state index is 0.237. The van der Waals surface area contributed by atoms with Gasteiger partial charge in [0.05, 0.1) is 25.2 Å². The van der Waals surface area contributed by atoms with Gasteiger partial charge in [0.2, 0.25) is 0 Å². The molecular weight excluding hydrogens is 400 g/mol. The van der Waals surface area contributed by atoms with Gasteiger partial charge in [-0.25, -0.2) is 4.68 Å². The van der Waals surface area contributed by atoms with E-state index in [0.29, 0.717) is 13.2 Å². The molecule has 1 fully saturated rings. The molecule has 0 spiro atoms. The molecule has 2 aromatic carbocycles. The third-order valence-corrected chi connectivity index (χ3v) is 6.31. The molecule has 0 bridgehead atoms. The molecule has 2 heterocycles. The van der Waals surface area contributed by atoms with Gasteiger partial charge in [-0.15, -0.1) is 5.10 Å². The van der Waals surface area contributed by atoms with E-state index < -0.39 is 0 Å². The van der Waals surface area contributed by atoms with Crippen LogP contribution in [0.4, 0.5) is 0 Å². The monoisotopic (exact) mass is 434 g/mol. The van der Waals surface area contributed by atoms with Gasteiger partial charge < -0.3 is 4.74 Å². The maximum Gasteiger partial charge on any atom is 0.168 e. The number of methoxy groups -OCH3 is 1. The fourth-order valence-corrected chi connectivity index (χ4v) is 4.73. The third-order valence-electron chi connectivity index (χ3n) is 6.31. The summed E-state index contributed by atoms with van der Waals surface area (Å²) in [6.45, 7) is 7.54. The Labute approximate surface area is 191 Å². The van der Waals surface area contributed by atoms with E-state index in [9.17, 15) is 0 Å². The minimum atomic E-state index is 0.237. The smallest absolute Gasteiger partial charge is 0.168 e. The minimum Gasteiger partial charge on any atom is -0.383 e. The number of hydrogen-bond acceptors (Lipinski definition) is 6. The van der Waals surface area contributed by atoms with E-state index in [1.54, 1.807) is 7.11 Å². The molecule has 1 aliphatic rings. The van der Waals surface area contributed by atoms with Crippen molar-refractivity contribution in [2.24, 2.45) is 0 Å². The van der Waals surface area contributed by atoms with E-state index in [-0.39, 0.29) is 12.1 Å². The molecule has 1 aromatic heterocycles. The highest BCUT2D eigenvalue weighted by molar-refractivity contribution is 5.32. The lowest BCUT2D eigenvalue weighted by molar-refractivity contribution is 0.0692. The summed E-state index contributed by atoms with van der Waals surface area (Å²) in [4.78, 5) is 5.17. The van der Waals surface area contributed by atoms with Gasteiger partial charge in [-0.2, -0.15) is 0 Å². The zero-order valence-electron chi connectivity index (χ0n) is 19.2. The average molecular weight is 435 g/mol. The SMILES string of the molecule is CCC[C@@H](c1nnnn1CCOC)N1CCN(C(c2ccccc2)c2ccccc2)CC1. The van der Waals surface area contributed by atoms with E-state index in [0.717, 1.165) is 44.8 Å². The number of aromatic nitrogens is 4. The van der Waals surface area contributed by atoms with Crippen LogP contribution in [-0.2, 0) is 11.3 Å². The first-order valence-corrected chi connectivity index (χ1v) is 11.6. The maximum atomic E-state index is 5.24. The first-order valence-electron chi connectivity index (χ1n) is 11.6. The summed E-state index contributed by atoms with van der Waals surface area (Å²) in [5, 5.41) is 12.6. The van der Waals surface area contributed by atoms with Crippen LogP contribution in [0.2, 0.25) is 0 Å². The summed E-state index contributed by atoms with van der Waals surface area (Å²) < 4.78 is 7.15. The predicted molar refractivity (Wildman–Crippen MR) is 125 cm³/mol. The Bertz CT molecular complexity index is 884. The van der Waals surface area contributed by atoms with Gasteiger partial charge in [-0.3, -0.25) is 9.80 Å². The molecule has 7 heteroatoms. The van der Waals surface area contributed by atoms with Crippen LogP contribution in [0, 0.1) is 0 Å². The van der Waals surface area contributed by atoms with Crippen LogP contribution in [0.5, 0.6) is 0 Å². The van der Waals surface area contributed by atoms with Gasteiger partial charge in [0.15, 0.2) is 5.82 Å². The van der Waals surface area contributed by atoms with E-state index >= 15 is 0 Å². The molecule has 4 rings (SSSR count). The van der Waals surface area contributed by atoms with Crippen molar-refractivity contribution in [3.63, 3.8) is 0 Å². The highest BCUT2D eigenvalue weighted by atomic mass is 16.5. The van der Waals surface area contributed by atoms with Crippen LogP contribution in [0.15, 0.2) is 60.7 Å². The molecule has 1 saturated heterocycles. The number of piperazine rings is 1. The van der Waals surface area contributed by atoms with E-state index in [4.69, 9.17) is 4.74 Å². The zero-order chi connectivity index (χ0) is 22.2. The van der Waals surface area contributed by atoms with Crippen molar-refractivity contribution in [1.29, 1.82) is 0 Å². The van der Waals surface area contributed by atoms with Gasteiger partial charge >= 0.3 is 0 Å². The average Bonchev–Trinajstić information content (AvgIpc) is 3.31. The van der Waals surface area contributed by atoms with Crippen LogP contribution >= 0.6 is 0 Å². The van der Waals surface area contributed by atoms with Gasteiger partial charge in [0, 0.05) is 33.3 Å². The van der Waals surface area contributed by atoms with Crippen LogP contribution in [0.25, 0.3) is 0 Å². The predicted octanol–water partition coefficient (Wildman–Crippen LogP) is 3.57. The summed E-state index contributed by atoms with van der Waals surface area (Å²) in [6.07, 6.45) is 2.15. The van der Waals surface area contributed by atoms with Crippen molar-refractivity contribution in [3.05, 3.63) is 77.6 Å². The van der Waals surface area contributed by atoms with Crippen molar-refractivity contribution < 1.29 is 4.74 Å². The standard InChI is InChI=1S/C25H34N6O/c1-3-10-23(25-26-27-28-31(25)19-20-32-2)29-15-17-30(18-16-29)24(21-11-6-4-7-12-21)22-13-8-5-9-14-22/h4-9,11-14,23-24H,3,10,15-20H2,1-2H3/t23-/m0/s1. The van der Waals surface area contributed by atoms with Crippen LogP contribution in [0.3, 0.4) is 0 Å². The van der Waals surface area contributed by atoms with Crippen molar-refractivity contribution in [1.82, 2.24) is 30.0 Å². The molecule has 1 atom stereocenters. The largest absolute Gasteiger partial charge is 0.383 e. The second-order valence-electron chi connectivity index (χ2n) is 8.35. The Balaban J connectivity index is 1.50. The molecule has 0 aliphatic carbocycles. The highest BCUT2D eigenvalue weighted by Gasteiger charge is 2.31. The maximum absolute atomic E-state index is 5.24. The van der Waals surface area contributed by atoms with Crippen molar-refractivity contribution in [2.45, 2.75) is 38.4 Å². The van der Waals surface area contributed by atoms with Crippen molar-refractivity contribution in [3.8, 4) is 0 Å². The van der Waals surface area contributed by atoms with Gasteiger partial charge in [-0.1, -0.05) is 74.0 Å². The Morgan fingerprint density at radius 1 is 0.875 bits per heavy atom. The number of benzene rings is 2. The van der Waals surface area contributed by atoms with Crippen molar-refractivity contribution >= 4 is 0 Å². The first-order chi connectivity index (χ1) is 15.8. The summed E-state index contributed by atoms with van der Waals surface area (Å²) in [7, 11) is 1.71. The third kappa shape index (κ3) is 5.23. The summed E-state index contributed by atoms with van der Waals surface area (Å²) >= 11 is 0. The van der Waals surface area contributed by atoms with Gasteiger partial charge in [0.25, 0.3) is 0 Å². The van der Waals surface area contributed by atoms with Gasteiger partial charge in [0.1, 0.15) is 0 Å². The lowest BCUT2D eigenvalue weighted by atomic mass is 9.96. The molecule has 7 nitrogen and oxygen atoms in total. The Hall–Kier alpha value is -2.61. The van der Waals surface area contributed by atoms with Crippen LogP contribution < -0.4 is 0 Å². The molecule has 1 aliphatic heterocycles. The molecular formula is C25H34N6O. The second-order valence-corrected chi connectivity index (χ2v) is 8.35. The molecule has 0 N–H and O–H groups in total.